The number of nitrogens with zero attached hydrogens (tertiary/aromatic N) is 1. The second kappa shape index (κ2) is 14.2. The van der Waals surface area contributed by atoms with Crippen molar-refractivity contribution in [3.63, 3.8) is 0 Å². The molecular formula is C36H33NO6P2. The van der Waals surface area contributed by atoms with Crippen molar-refractivity contribution in [2.45, 2.75) is 12.3 Å². The van der Waals surface area contributed by atoms with Gasteiger partial charge >= 0.3 is 15.2 Å². The number of anilines is 3. The average molecular weight is 638 g/mol. The molecule has 0 atom stereocenters. The van der Waals surface area contributed by atoms with Crippen molar-refractivity contribution in [3.8, 4) is 0 Å². The number of hydrogen-bond donors (Lipinski definition) is 4. The lowest BCUT2D eigenvalue weighted by Gasteiger charge is -2.25. The first-order chi connectivity index (χ1) is 21.5. The molecule has 0 amide bonds. The van der Waals surface area contributed by atoms with Crippen LogP contribution in [-0.4, -0.2) is 19.6 Å². The smallest absolute Gasteiger partial charge is 0.324 e. The van der Waals surface area contributed by atoms with Crippen LogP contribution in [0.3, 0.4) is 0 Å². The van der Waals surface area contributed by atoms with Crippen LogP contribution in [0.1, 0.15) is 33.4 Å². The molecule has 45 heavy (non-hydrogen) atoms. The molecule has 7 nitrogen and oxygen atoms in total. The third-order valence-electron chi connectivity index (χ3n) is 6.99. The maximum Gasteiger partial charge on any atom is 0.329 e. The largest absolute Gasteiger partial charge is 0.329 e. The van der Waals surface area contributed by atoms with Gasteiger partial charge in [-0.05, 0) is 69.8 Å². The molecule has 9 heteroatoms. The third kappa shape index (κ3) is 9.84. The highest BCUT2D eigenvalue weighted by atomic mass is 31.2. The van der Waals surface area contributed by atoms with E-state index in [1.807, 2.05) is 91.0 Å². The molecule has 0 radical (unpaired) electrons. The van der Waals surface area contributed by atoms with Gasteiger partial charge in [-0.1, -0.05) is 115 Å². The van der Waals surface area contributed by atoms with Gasteiger partial charge in [-0.25, -0.2) is 0 Å². The minimum Gasteiger partial charge on any atom is -0.324 e. The second-order valence-electron chi connectivity index (χ2n) is 10.6. The Labute approximate surface area is 262 Å². The SMILES string of the molecule is O=P(O)(O)Cc1ccc(/C=C/c2ccc(N(c3ccccc3)c3ccc(/C=C/c4ccc(CP(=O)(O)O)cc4)cc3)cc2)cc1. The molecule has 4 N–H and O–H groups in total. The van der Waals surface area contributed by atoms with Gasteiger partial charge in [0.15, 0.2) is 0 Å². The van der Waals surface area contributed by atoms with Gasteiger partial charge in [-0.2, -0.15) is 0 Å². The Morgan fingerprint density at radius 1 is 0.422 bits per heavy atom. The van der Waals surface area contributed by atoms with Crippen LogP contribution in [0.25, 0.3) is 24.3 Å². The van der Waals surface area contributed by atoms with E-state index in [4.69, 9.17) is 0 Å². The van der Waals surface area contributed by atoms with E-state index in [1.54, 1.807) is 24.3 Å². The highest BCUT2D eigenvalue weighted by molar-refractivity contribution is 7.51. The number of para-hydroxylation sites is 1. The maximum absolute atomic E-state index is 11.2. The molecule has 5 rings (SSSR count). The topological polar surface area (TPSA) is 118 Å². The molecule has 0 bridgehead atoms. The van der Waals surface area contributed by atoms with Crippen LogP contribution in [0.4, 0.5) is 17.1 Å². The van der Waals surface area contributed by atoms with E-state index < -0.39 is 15.2 Å². The molecule has 5 aromatic rings. The molecule has 0 spiro atoms. The molecule has 5 aromatic carbocycles. The van der Waals surface area contributed by atoms with Crippen LogP contribution in [0.5, 0.6) is 0 Å². The van der Waals surface area contributed by atoms with Gasteiger partial charge < -0.3 is 24.5 Å². The molecule has 0 saturated carbocycles. The molecule has 0 saturated heterocycles. The summed E-state index contributed by atoms with van der Waals surface area (Å²) in [4.78, 5) is 38.9. The van der Waals surface area contributed by atoms with Crippen LogP contribution in [0, 0.1) is 0 Å². The zero-order valence-electron chi connectivity index (χ0n) is 24.3. The summed E-state index contributed by atoms with van der Waals surface area (Å²) in [5.74, 6) is 0. The van der Waals surface area contributed by atoms with Crippen molar-refractivity contribution < 1.29 is 28.7 Å². The van der Waals surface area contributed by atoms with Gasteiger partial charge in [0.05, 0.1) is 12.3 Å². The van der Waals surface area contributed by atoms with E-state index in [2.05, 4.69) is 41.3 Å². The number of hydrogen-bond acceptors (Lipinski definition) is 3. The van der Waals surface area contributed by atoms with Gasteiger partial charge in [-0.3, -0.25) is 9.13 Å². The molecule has 0 aliphatic rings. The fourth-order valence-corrected chi connectivity index (χ4v) is 6.20. The Kier molecular flexibility index (Phi) is 10.1. The molecule has 228 valence electrons. The zero-order valence-corrected chi connectivity index (χ0v) is 26.1. The molecule has 0 fully saturated rings. The van der Waals surface area contributed by atoms with Crippen molar-refractivity contribution >= 4 is 56.6 Å². The van der Waals surface area contributed by atoms with Gasteiger partial charge in [0.25, 0.3) is 0 Å². The third-order valence-corrected chi connectivity index (χ3v) is 8.54. The standard InChI is InChI=1S/C36H33NO6P2/c38-44(39,40)26-32-14-10-28(11-15-32)6-8-30-18-22-35(23-19-30)37(34-4-2-1-3-5-34)36-24-20-31(21-25-36)9-7-29-12-16-33(17-13-29)27-45(41,42)43/h1-25H,26-27H2,(H2,38,39,40)(H2,41,42,43)/b8-6+,9-7+. The minimum absolute atomic E-state index is 0.268. The average Bonchev–Trinajstić information content (AvgIpc) is 3.01. The summed E-state index contributed by atoms with van der Waals surface area (Å²) in [6.45, 7) is 0. The summed E-state index contributed by atoms with van der Waals surface area (Å²) in [5, 5.41) is 0. The van der Waals surface area contributed by atoms with Gasteiger partial charge in [-0.15, -0.1) is 0 Å². The lowest BCUT2D eigenvalue weighted by Crippen LogP contribution is -2.09. The zero-order chi connectivity index (χ0) is 31.9. The minimum atomic E-state index is -4.09. The molecule has 0 aliphatic heterocycles. The van der Waals surface area contributed by atoms with Gasteiger partial charge in [0, 0.05) is 17.1 Å². The summed E-state index contributed by atoms with van der Waals surface area (Å²) in [6, 6.07) is 40.9. The predicted octanol–water partition coefficient (Wildman–Crippen LogP) is 8.85. The predicted molar refractivity (Wildman–Crippen MR) is 183 cm³/mol. The van der Waals surface area contributed by atoms with Crippen LogP contribution < -0.4 is 4.90 Å². The number of benzene rings is 5. The summed E-state index contributed by atoms with van der Waals surface area (Å²) < 4.78 is 22.5. The van der Waals surface area contributed by atoms with E-state index >= 15 is 0 Å². The Balaban J connectivity index is 1.30. The lowest BCUT2D eigenvalue weighted by molar-refractivity contribution is 0.369. The lowest BCUT2D eigenvalue weighted by atomic mass is 10.1. The molecule has 0 aliphatic carbocycles. The van der Waals surface area contributed by atoms with E-state index in [-0.39, 0.29) is 12.3 Å². The van der Waals surface area contributed by atoms with Crippen molar-refractivity contribution in [3.05, 3.63) is 161 Å². The first-order valence-electron chi connectivity index (χ1n) is 14.2. The highest BCUT2D eigenvalue weighted by Crippen LogP contribution is 2.40. The van der Waals surface area contributed by atoms with Gasteiger partial charge in [0.1, 0.15) is 0 Å². The molecule has 0 aromatic heterocycles. The molecule has 0 unspecified atom stereocenters. The Morgan fingerprint density at radius 2 is 0.711 bits per heavy atom. The highest BCUT2D eigenvalue weighted by Gasteiger charge is 2.15. The van der Waals surface area contributed by atoms with Crippen LogP contribution in [0.2, 0.25) is 0 Å². The second-order valence-corrected chi connectivity index (χ2v) is 13.9. The normalized spacial score (nSPS) is 12.2. The maximum atomic E-state index is 11.2. The van der Waals surface area contributed by atoms with Crippen molar-refractivity contribution in [1.82, 2.24) is 0 Å². The molecular weight excluding hydrogens is 604 g/mol. The van der Waals surface area contributed by atoms with Crippen molar-refractivity contribution in [1.29, 1.82) is 0 Å². The van der Waals surface area contributed by atoms with Gasteiger partial charge in [0.2, 0.25) is 0 Å². The van der Waals surface area contributed by atoms with Crippen LogP contribution in [0.15, 0.2) is 127 Å². The Bertz CT molecular complexity index is 1740. The first kappa shape index (κ1) is 32.1. The van der Waals surface area contributed by atoms with Crippen molar-refractivity contribution in [2.75, 3.05) is 4.90 Å². The Morgan fingerprint density at radius 3 is 1.02 bits per heavy atom. The first-order valence-corrected chi connectivity index (χ1v) is 17.8. The van der Waals surface area contributed by atoms with E-state index in [1.165, 1.54) is 0 Å². The summed E-state index contributed by atoms with van der Waals surface area (Å²) in [7, 11) is -8.18. The van der Waals surface area contributed by atoms with Crippen molar-refractivity contribution in [2.24, 2.45) is 0 Å². The fourth-order valence-electron chi connectivity index (χ4n) is 4.82. The quantitative estimate of drug-likeness (QED) is 0.0844. The van der Waals surface area contributed by atoms with E-state index in [9.17, 15) is 28.7 Å². The monoisotopic (exact) mass is 637 g/mol. The summed E-state index contributed by atoms with van der Waals surface area (Å²) >= 11 is 0. The Hall–Kier alpha value is -4.32. The summed E-state index contributed by atoms with van der Waals surface area (Å²) in [5.41, 5.74) is 8.12. The number of rotatable bonds is 11. The van der Waals surface area contributed by atoms with Crippen LogP contribution >= 0.6 is 15.2 Å². The fraction of sp³-hybridized carbons (Fsp3) is 0.0556. The molecule has 0 heterocycles. The summed E-state index contributed by atoms with van der Waals surface area (Å²) in [6.07, 6.45) is 7.40. The van der Waals surface area contributed by atoms with E-state index in [0.29, 0.717) is 11.1 Å². The van der Waals surface area contributed by atoms with Crippen LogP contribution in [-0.2, 0) is 21.5 Å². The van der Waals surface area contributed by atoms with E-state index in [0.717, 1.165) is 39.3 Å².